The van der Waals surface area contributed by atoms with Crippen molar-refractivity contribution in [3.63, 3.8) is 0 Å². The first kappa shape index (κ1) is 21.6. The van der Waals surface area contributed by atoms with E-state index in [1.807, 2.05) is 42.5 Å². The third kappa shape index (κ3) is 6.18. The Labute approximate surface area is 174 Å². The van der Waals surface area contributed by atoms with E-state index in [1.165, 1.54) is 0 Å². The Bertz CT molecular complexity index is 870. The summed E-state index contributed by atoms with van der Waals surface area (Å²) in [6.07, 6.45) is 5.55. The van der Waals surface area contributed by atoms with Gasteiger partial charge >= 0.3 is 0 Å². The number of sulfonamides is 1. The highest BCUT2D eigenvalue weighted by Gasteiger charge is 2.32. The Morgan fingerprint density at radius 2 is 1.72 bits per heavy atom. The van der Waals surface area contributed by atoms with Crippen molar-refractivity contribution in [3.05, 3.63) is 48.7 Å². The second kappa shape index (κ2) is 9.13. The van der Waals surface area contributed by atoms with Crippen LogP contribution in [0.2, 0.25) is 0 Å². The smallest absolute Gasteiger partial charge is 0.219 e. The first-order chi connectivity index (χ1) is 13.7. The second-order valence-corrected chi connectivity index (χ2v) is 11.1. The molecule has 0 saturated heterocycles. The van der Waals surface area contributed by atoms with Crippen LogP contribution in [0.1, 0.15) is 46.5 Å². The molecule has 0 unspecified atom stereocenters. The van der Waals surface area contributed by atoms with E-state index in [4.69, 9.17) is 4.74 Å². The SMILES string of the molecule is CC(C)(C)S(=O)(=O)N[C@H]1CC[C@H](CNc2ccc(Oc3ccccc3)nc2)CC1. The standard InChI is InChI=1S/C22H31N3O3S/c1-22(2,3)29(26,27)25-18-11-9-17(10-12-18)15-23-19-13-14-21(24-16-19)28-20-7-5-4-6-8-20/h4-8,13-14,16-18,23,25H,9-12,15H2,1-3H3/t17-,18-. The molecular weight excluding hydrogens is 386 g/mol. The van der Waals surface area contributed by atoms with Crippen LogP contribution in [0.5, 0.6) is 11.6 Å². The van der Waals surface area contributed by atoms with Gasteiger partial charge in [0.05, 0.1) is 16.6 Å². The predicted octanol–water partition coefficient (Wildman–Crippen LogP) is 4.56. The van der Waals surface area contributed by atoms with Crippen LogP contribution in [0.25, 0.3) is 0 Å². The molecule has 158 valence electrons. The van der Waals surface area contributed by atoms with Gasteiger partial charge in [-0.25, -0.2) is 18.1 Å². The third-order valence-corrected chi connectivity index (χ3v) is 7.53. The largest absolute Gasteiger partial charge is 0.439 e. The molecule has 1 aromatic carbocycles. The average Bonchev–Trinajstić information content (AvgIpc) is 2.68. The van der Waals surface area contributed by atoms with Crippen LogP contribution in [0.3, 0.4) is 0 Å². The molecule has 1 heterocycles. The second-order valence-electron chi connectivity index (χ2n) is 8.63. The summed E-state index contributed by atoms with van der Waals surface area (Å²) >= 11 is 0. The van der Waals surface area contributed by atoms with Crippen LogP contribution >= 0.6 is 0 Å². The van der Waals surface area contributed by atoms with Gasteiger partial charge in [-0.05, 0) is 70.6 Å². The summed E-state index contributed by atoms with van der Waals surface area (Å²) in [5.74, 6) is 1.86. The number of ether oxygens (including phenoxy) is 1. The lowest BCUT2D eigenvalue weighted by atomic mass is 9.86. The number of nitrogens with one attached hydrogen (secondary N) is 2. The number of para-hydroxylation sites is 1. The van der Waals surface area contributed by atoms with Gasteiger partial charge in [-0.15, -0.1) is 0 Å². The minimum absolute atomic E-state index is 0.0477. The van der Waals surface area contributed by atoms with E-state index in [0.717, 1.165) is 43.7 Å². The number of hydrogen-bond donors (Lipinski definition) is 2. The molecule has 0 radical (unpaired) electrons. The summed E-state index contributed by atoms with van der Waals surface area (Å²) in [7, 11) is -3.28. The van der Waals surface area contributed by atoms with Crippen molar-refractivity contribution >= 4 is 15.7 Å². The van der Waals surface area contributed by atoms with Gasteiger partial charge in [0, 0.05) is 18.7 Å². The van der Waals surface area contributed by atoms with Crippen LogP contribution in [-0.4, -0.2) is 30.7 Å². The number of benzene rings is 1. The molecule has 2 aromatic rings. The maximum atomic E-state index is 12.3. The highest BCUT2D eigenvalue weighted by molar-refractivity contribution is 7.90. The lowest BCUT2D eigenvalue weighted by Crippen LogP contribution is -2.46. The number of aromatic nitrogens is 1. The lowest BCUT2D eigenvalue weighted by Gasteiger charge is -2.31. The molecule has 1 aliphatic carbocycles. The van der Waals surface area contributed by atoms with Crippen molar-refractivity contribution in [2.75, 3.05) is 11.9 Å². The average molecular weight is 418 g/mol. The van der Waals surface area contributed by atoms with E-state index < -0.39 is 14.8 Å². The van der Waals surface area contributed by atoms with E-state index in [1.54, 1.807) is 27.0 Å². The summed E-state index contributed by atoms with van der Waals surface area (Å²) in [5.41, 5.74) is 0.959. The topological polar surface area (TPSA) is 80.3 Å². The van der Waals surface area contributed by atoms with Crippen molar-refractivity contribution in [2.45, 2.75) is 57.2 Å². The fourth-order valence-electron chi connectivity index (χ4n) is 3.30. The van der Waals surface area contributed by atoms with Gasteiger partial charge in [-0.1, -0.05) is 18.2 Å². The monoisotopic (exact) mass is 417 g/mol. The van der Waals surface area contributed by atoms with Crippen molar-refractivity contribution < 1.29 is 13.2 Å². The lowest BCUT2D eigenvalue weighted by molar-refractivity contribution is 0.322. The Morgan fingerprint density at radius 1 is 1.03 bits per heavy atom. The zero-order valence-electron chi connectivity index (χ0n) is 17.4. The van der Waals surface area contributed by atoms with Gasteiger partial charge < -0.3 is 10.1 Å². The van der Waals surface area contributed by atoms with Crippen molar-refractivity contribution in [1.82, 2.24) is 9.71 Å². The molecule has 0 spiro atoms. The Hall–Kier alpha value is -2.12. The highest BCUT2D eigenvalue weighted by atomic mass is 32.2. The molecule has 1 aliphatic rings. The van der Waals surface area contributed by atoms with E-state index in [2.05, 4.69) is 15.0 Å². The molecule has 2 N–H and O–H groups in total. The maximum Gasteiger partial charge on any atom is 0.219 e. The molecule has 29 heavy (non-hydrogen) atoms. The molecular formula is C22H31N3O3S. The van der Waals surface area contributed by atoms with Gasteiger partial charge in [0.15, 0.2) is 0 Å². The summed E-state index contributed by atoms with van der Waals surface area (Å²) in [6, 6.07) is 13.5. The van der Waals surface area contributed by atoms with Gasteiger partial charge in [0.25, 0.3) is 0 Å². The van der Waals surface area contributed by atoms with Gasteiger partial charge in [-0.3, -0.25) is 0 Å². The summed E-state index contributed by atoms with van der Waals surface area (Å²) in [4.78, 5) is 4.35. The fourth-order valence-corrected chi connectivity index (χ4v) is 4.33. The third-order valence-electron chi connectivity index (χ3n) is 5.27. The molecule has 0 aliphatic heterocycles. The zero-order valence-corrected chi connectivity index (χ0v) is 18.2. The van der Waals surface area contributed by atoms with Crippen LogP contribution in [0.4, 0.5) is 5.69 Å². The number of nitrogens with zero attached hydrogens (tertiary/aromatic N) is 1. The number of hydrogen-bond acceptors (Lipinski definition) is 5. The van der Waals surface area contributed by atoms with Crippen LogP contribution in [0, 0.1) is 5.92 Å². The number of pyridine rings is 1. The predicted molar refractivity (Wildman–Crippen MR) is 117 cm³/mol. The van der Waals surface area contributed by atoms with Crippen LogP contribution in [-0.2, 0) is 10.0 Å². The summed E-state index contributed by atoms with van der Waals surface area (Å²) in [5, 5.41) is 3.44. The van der Waals surface area contributed by atoms with Gasteiger partial charge in [-0.2, -0.15) is 0 Å². The summed E-state index contributed by atoms with van der Waals surface area (Å²) in [6.45, 7) is 6.05. The fraction of sp³-hybridized carbons (Fsp3) is 0.500. The van der Waals surface area contributed by atoms with Crippen LogP contribution < -0.4 is 14.8 Å². The molecule has 3 rings (SSSR count). The molecule has 0 amide bonds. The molecule has 0 bridgehead atoms. The maximum absolute atomic E-state index is 12.3. The Kier molecular flexibility index (Phi) is 6.80. The molecule has 6 nitrogen and oxygen atoms in total. The van der Waals surface area contributed by atoms with E-state index in [0.29, 0.717) is 11.8 Å². The molecule has 1 fully saturated rings. The van der Waals surface area contributed by atoms with Gasteiger partial charge in [0.2, 0.25) is 15.9 Å². The minimum Gasteiger partial charge on any atom is -0.439 e. The van der Waals surface area contributed by atoms with E-state index in [9.17, 15) is 8.42 Å². The Morgan fingerprint density at radius 3 is 2.31 bits per heavy atom. The van der Waals surface area contributed by atoms with Crippen molar-refractivity contribution in [3.8, 4) is 11.6 Å². The minimum atomic E-state index is -3.28. The first-order valence-corrected chi connectivity index (χ1v) is 11.7. The van der Waals surface area contributed by atoms with Crippen molar-refractivity contribution in [2.24, 2.45) is 5.92 Å². The first-order valence-electron chi connectivity index (χ1n) is 10.2. The van der Waals surface area contributed by atoms with Crippen molar-refractivity contribution in [1.29, 1.82) is 0 Å². The molecule has 1 aromatic heterocycles. The molecule has 7 heteroatoms. The normalized spacial score (nSPS) is 20.2. The van der Waals surface area contributed by atoms with Crippen LogP contribution in [0.15, 0.2) is 48.7 Å². The zero-order chi connectivity index (χ0) is 20.9. The highest BCUT2D eigenvalue weighted by Crippen LogP contribution is 2.27. The Balaban J connectivity index is 1.42. The number of rotatable bonds is 7. The molecule has 1 saturated carbocycles. The van der Waals surface area contributed by atoms with E-state index in [-0.39, 0.29) is 6.04 Å². The molecule has 0 atom stereocenters. The van der Waals surface area contributed by atoms with E-state index >= 15 is 0 Å². The summed E-state index contributed by atoms with van der Waals surface area (Å²) < 4.78 is 32.5. The quantitative estimate of drug-likeness (QED) is 0.690. The van der Waals surface area contributed by atoms with Gasteiger partial charge in [0.1, 0.15) is 5.75 Å². The number of anilines is 1.